The third-order valence-corrected chi connectivity index (χ3v) is 5.34. The molecule has 1 aliphatic carbocycles. The van der Waals surface area contributed by atoms with Crippen molar-refractivity contribution in [3.8, 4) is 10.9 Å². The molecular weight excluding hydrogens is 316 g/mol. The van der Waals surface area contributed by atoms with Crippen LogP contribution in [0.5, 0.6) is 10.9 Å². The Morgan fingerprint density at radius 3 is 2.67 bits per heavy atom. The Kier molecular flexibility index (Phi) is 4.50. The van der Waals surface area contributed by atoms with Gasteiger partial charge in [0, 0.05) is 12.1 Å². The fraction of sp³-hybridized carbons (Fsp3) is 0.350. The van der Waals surface area contributed by atoms with Gasteiger partial charge in [-0.05, 0) is 55.5 Å². The molecule has 1 unspecified atom stereocenters. The Morgan fingerprint density at radius 2 is 1.96 bits per heavy atom. The molecule has 1 fully saturated rings. The second-order valence-corrected chi connectivity index (χ2v) is 7.44. The summed E-state index contributed by atoms with van der Waals surface area (Å²) in [7, 11) is 0. The summed E-state index contributed by atoms with van der Waals surface area (Å²) in [4.78, 5) is 4.52. The molecule has 0 amide bonds. The molecule has 4 rings (SSSR count). The van der Waals surface area contributed by atoms with Gasteiger partial charge in [0.1, 0.15) is 5.75 Å². The van der Waals surface area contributed by atoms with E-state index in [0.29, 0.717) is 11.2 Å². The maximum Gasteiger partial charge on any atom is 0.279 e. The smallest absolute Gasteiger partial charge is 0.279 e. The normalized spacial score (nSPS) is 15.5. The van der Waals surface area contributed by atoms with Gasteiger partial charge in [0.15, 0.2) is 0 Å². The van der Waals surface area contributed by atoms with Crippen molar-refractivity contribution in [3.63, 3.8) is 0 Å². The van der Waals surface area contributed by atoms with E-state index in [0.717, 1.165) is 28.4 Å². The van der Waals surface area contributed by atoms with Crippen molar-refractivity contribution in [2.45, 2.75) is 44.7 Å². The number of hydrogen-bond donors (Lipinski definition) is 1. The van der Waals surface area contributed by atoms with Gasteiger partial charge in [0.25, 0.3) is 5.19 Å². The van der Waals surface area contributed by atoms with E-state index in [4.69, 9.17) is 4.74 Å². The monoisotopic (exact) mass is 338 g/mol. The molecule has 0 saturated heterocycles. The van der Waals surface area contributed by atoms with Crippen LogP contribution in [0.25, 0.3) is 10.2 Å². The van der Waals surface area contributed by atoms with E-state index >= 15 is 0 Å². The molecule has 1 aliphatic rings. The van der Waals surface area contributed by atoms with E-state index in [1.807, 2.05) is 30.3 Å². The lowest BCUT2D eigenvalue weighted by Gasteiger charge is -2.16. The molecule has 24 heavy (non-hydrogen) atoms. The predicted octanol–water partition coefficient (Wildman–Crippen LogP) is 5.16. The topological polar surface area (TPSA) is 34.1 Å². The number of rotatable bonds is 7. The maximum absolute atomic E-state index is 5.92. The summed E-state index contributed by atoms with van der Waals surface area (Å²) < 4.78 is 7.07. The minimum atomic E-state index is 0.577. The lowest BCUT2D eigenvalue weighted by Crippen LogP contribution is -2.32. The van der Waals surface area contributed by atoms with Gasteiger partial charge in [0.05, 0.1) is 10.2 Å². The van der Waals surface area contributed by atoms with Crippen molar-refractivity contribution in [3.05, 3.63) is 54.1 Å². The molecule has 0 aliphatic heterocycles. The molecule has 3 aromatic rings. The summed E-state index contributed by atoms with van der Waals surface area (Å²) in [6, 6.07) is 17.9. The van der Waals surface area contributed by atoms with Gasteiger partial charge in [-0.3, -0.25) is 0 Å². The van der Waals surface area contributed by atoms with Gasteiger partial charge < -0.3 is 10.1 Å². The number of aromatic nitrogens is 1. The molecular formula is C20H22N2OS. The highest BCUT2D eigenvalue weighted by Crippen LogP contribution is 2.31. The minimum Gasteiger partial charge on any atom is -0.431 e. The highest BCUT2D eigenvalue weighted by molar-refractivity contribution is 7.20. The third kappa shape index (κ3) is 3.77. The number of para-hydroxylation sites is 1. The van der Waals surface area contributed by atoms with Gasteiger partial charge in [-0.2, -0.15) is 0 Å². The zero-order chi connectivity index (χ0) is 16.4. The maximum atomic E-state index is 5.92. The van der Waals surface area contributed by atoms with Crippen LogP contribution in [-0.4, -0.2) is 17.1 Å². The van der Waals surface area contributed by atoms with Crippen molar-refractivity contribution >= 4 is 21.6 Å². The number of thiazole rings is 1. The number of nitrogens with one attached hydrogen (secondary N) is 1. The Labute approximate surface area is 146 Å². The van der Waals surface area contributed by atoms with E-state index in [2.05, 4.69) is 35.4 Å². The van der Waals surface area contributed by atoms with Crippen LogP contribution in [0.4, 0.5) is 0 Å². The molecule has 1 atom stereocenters. The van der Waals surface area contributed by atoms with Crippen LogP contribution in [0.15, 0.2) is 48.5 Å². The van der Waals surface area contributed by atoms with E-state index < -0.39 is 0 Å². The zero-order valence-electron chi connectivity index (χ0n) is 13.9. The van der Waals surface area contributed by atoms with Gasteiger partial charge >= 0.3 is 0 Å². The van der Waals surface area contributed by atoms with E-state index in [9.17, 15) is 0 Å². The molecule has 1 saturated carbocycles. The molecule has 1 aromatic heterocycles. The van der Waals surface area contributed by atoms with Crippen LogP contribution >= 0.6 is 11.3 Å². The first-order valence-electron chi connectivity index (χ1n) is 8.68. The second-order valence-electron chi connectivity index (χ2n) is 6.44. The summed E-state index contributed by atoms with van der Waals surface area (Å²) in [5, 5.41) is 4.42. The quantitative estimate of drug-likeness (QED) is 0.646. The average Bonchev–Trinajstić information content (AvgIpc) is 3.32. The summed E-state index contributed by atoms with van der Waals surface area (Å²) in [5.74, 6) is 0.848. The first-order valence-corrected chi connectivity index (χ1v) is 9.50. The van der Waals surface area contributed by atoms with E-state index in [1.54, 1.807) is 11.3 Å². The Balaban J connectivity index is 1.41. The van der Waals surface area contributed by atoms with Crippen LogP contribution in [0, 0.1) is 0 Å². The van der Waals surface area contributed by atoms with Crippen LogP contribution < -0.4 is 10.1 Å². The summed E-state index contributed by atoms with van der Waals surface area (Å²) in [6.07, 6.45) is 4.92. The van der Waals surface area contributed by atoms with Gasteiger partial charge in [0.2, 0.25) is 0 Å². The summed E-state index contributed by atoms with van der Waals surface area (Å²) in [6.45, 7) is 2.25. The molecule has 2 aromatic carbocycles. The molecule has 0 bridgehead atoms. The molecule has 3 nitrogen and oxygen atoms in total. The molecule has 1 N–H and O–H groups in total. The van der Waals surface area contributed by atoms with Crippen LogP contribution in [0.2, 0.25) is 0 Å². The lowest BCUT2D eigenvalue weighted by atomic mass is 10.0. The molecule has 4 heteroatoms. The number of nitrogens with zero attached hydrogens (tertiary/aromatic N) is 1. The highest BCUT2D eigenvalue weighted by Gasteiger charge is 2.23. The van der Waals surface area contributed by atoms with Crippen LogP contribution in [-0.2, 0) is 6.42 Å². The van der Waals surface area contributed by atoms with Crippen molar-refractivity contribution < 1.29 is 4.74 Å². The van der Waals surface area contributed by atoms with E-state index in [-0.39, 0.29) is 0 Å². The van der Waals surface area contributed by atoms with Crippen LogP contribution in [0.3, 0.4) is 0 Å². The molecule has 124 valence electrons. The number of hydrogen-bond acceptors (Lipinski definition) is 4. The third-order valence-electron chi connectivity index (χ3n) is 4.43. The number of ether oxygens (including phenoxy) is 1. The van der Waals surface area contributed by atoms with Crippen molar-refractivity contribution in [1.29, 1.82) is 0 Å². The minimum absolute atomic E-state index is 0.577. The van der Waals surface area contributed by atoms with Gasteiger partial charge in [-0.15, -0.1) is 0 Å². The standard InChI is InChI=1S/C20H22N2OS/c1-2-15(21-16-9-10-16)13-14-7-11-17(12-8-14)23-20-22-18-5-3-4-6-19(18)24-20/h3-8,11-12,15-16,21H,2,9-10,13H2,1H3. The fourth-order valence-electron chi connectivity index (χ4n) is 2.88. The lowest BCUT2D eigenvalue weighted by molar-refractivity contribution is 0.477. The predicted molar refractivity (Wildman–Crippen MR) is 100 cm³/mol. The molecule has 0 spiro atoms. The SMILES string of the molecule is CCC(Cc1ccc(Oc2nc3ccccc3s2)cc1)NC1CC1. The molecule has 0 radical (unpaired) electrons. The second kappa shape index (κ2) is 6.91. The Morgan fingerprint density at radius 1 is 1.17 bits per heavy atom. The molecule has 1 heterocycles. The van der Waals surface area contributed by atoms with E-state index in [1.165, 1.54) is 24.8 Å². The van der Waals surface area contributed by atoms with Gasteiger partial charge in [-0.1, -0.05) is 42.5 Å². The van der Waals surface area contributed by atoms with Gasteiger partial charge in [-0.25, -0.2) is 4.98 Å². The summed E-state index contributed by atoms with van der Waals surface area (Å²) >= 11 is 1.58. The Hall–Kier alpha value is -1.91. The summed E-state index contributed by atoms with van der Waals surface area (Å²) in [5.41, 5.74) is 2.35. The number of benzene rings is 2. The van der Waals surface area contributed by atoms with Crippen LogP contribution in [0.1, 0.15) is 31.7 Å². The number of fused-ring (bicyclic) bond motifs is 1. The van der Waals surface area contributed by atoms with Crippen molar-refractivity contribution in [2.75, 3.05) is 0 Å². The first kappa shape index (κ1) is 15.6. The first-order chi connectivity index (χ1) is 11.8. The zero-order valence-corrected chi connectivity index (χ0v) is 14.7. The average molecular weight is 338 g/mol. The highest BCUT2D eigenvalue weighted by atomic mass is 32.1. The Bertz CT molecular complexity index is 775. The fourth-order valence-corrected chi connectivity index (χ4v) is 3.71. The largest absolute Gasteiger partial charge is 0.431 e. The van der Waals surface area contributed by atoms with Crippen molar-refractivity contribution in [1.82, 2.24) is 10.3 Å². The van der Waals surface area contributed by atoms with Crippen molar-refractivity contribution in [2.24, 2.45) is 0 Å².